The topological polar surface area (TPSA) is 56.3 Å². The molecule has 1 amide bonds. The molecular weight excluding hydrogens is 402 g/mol. The molecule has 0 radical (unpaired) electrons. The first-order valence-electron chi connectivity index (χ1n) is 11.8. The van der Waals surface area contributed by atoms with Crippen molar-refractivity contribution >= 4 is 17.3 Å². The lowest BCUT2D eigenvalue weighted by Gasteiger charge is -2.30. The average Bonchev–Trinajstić information content (AvgIpc) is 3.37. The number of benzene rings is 2. The second kappa shape index (κ2) is 8.75. The van der Waals surface area contributed by atoms with Crippen LogP contribution in [0.1, 0.15) is 35.7 Å². The van der Waals surface area contributed by atoms with Gasteiger partial charge in [-0.3, -0.25) is 4.79 Å². The number of ether oxygens (including phenoxy) is 1. The third-order valence-electron chi connectivity index (χ3n) is 7.29. The van der Waals surface area contributed by atoms with Gasteiger partial charge >= 0.3 is 0 Å². The lowest BCUT2D eigenvalue weighted by atomic mass is 9.98. The fourth-order valence-corrected chi connectivity index (χ4v) is 5.43. The van der Waals surface area contributed by atoms with Crippen LogP contribution in [0.3, 0.4) is 0 Å². The second-order valence-electron chi connectivity index (χ2n) is 9.45. The highest BCUT2D eigenvalue weighted by molar-refractivity contribution is 6.08. The van der Waals surface area contributed by atoms with Crippen LogP contribution in [0, 0.1) is 5.92 Å². The van der Waals surface area contributed by atoms with E-state index in [0.29, 0.717) is 24.8 Å². The fourth-order valence-electron chi connectivity index (χ4n) is 5.43. The van der Waals surface area contributed by atoms with Crippen LogP contribution in [-0.2, 0) is 6.42 Å². The van der Waals surface area contributed by atoms with Crippen molar-refractivity contribution in [2.45, 2.75) is 38.3 Å². The van der Waals surface area contributed by atoms with Crippen molar-refractivity contribution in [3.63, 3.8) is 0 Å². The van der Waals surface area contributed by atoms with E-state index in [-0.39, 0.29) is 12.5 Å². The van der Waals surface area contributed by atoms with Crippen LogP contribution in [0.2, 0.25) is 0 Å². The summed E-state index contributed by atoms with van der Waals surface area (Å²) in [6, 6.07) is 14.8. The van der Waals surface area contributed by atoms with Crippen LogP contribution in [0.4, 0.5) is 11.4 Å². The number of fused-ring (bicyclic) bond motifs is 2. The second-order valence-corrected chi connectivity index (χ2v) is 9.45. The molecule has 3 aliphatic heterocycles. The average molecular weight is 436 g/mol. The molecular formula is C26H33N3O3. The summed E-state index contributed by atoms with van der Waals surface area (Å²) in [5.41, 5.74) is 3.97. The Balaban J connectivity index is 1.28. The summed E-state index contributed by atoms with van der Waals surface area (Å²) in [5.74, 6) is 1.53. The smallest absolute Gasteiger partial charge is 0.258 e. The van der Waals surface area contributed by atoms with E-state index in [0.717, 1.165) is 42.2 Å². The molecule has 2 saturated heterocycles. The predicted molar refractivity (Wildman–Crippen MR) is 127 cm³/mol. The fraction of sp³-hybridized carbons (Fsp3) is 0.500. The van der Waals surface area contributed by atoms with E-state index in [4.69, 9.17) is 4.74 Å². The summed E-state index contributed by atoms with van der Waals surface area (Å²) in [5, 5.41) is 9.71. The predicted octanol–water partition coefficient (Wildman–Crippen LogP) is 3.18. The van der Waals surface area contributed by atoms with Gasteiger partial charge in [-0.2, -0.15) is 0 Å². The summed E-state index contributed by atoms with van der Waals surface area (Å²) in [6.07, 6.45) is 2.25. The van der Waals surface area contributed by atoms with Crippen LogP contribution >= 0.6 is 0 Å². The van der Waals surface area contributed by atoms with Gasteiger partial charge in [0, 0.05) is 49.2 Å². The Labute approximate surface area is 190 Å². The van der Waals surface area contributed by atoms with Crippen molar-refractivity contribution in [2.24, 2.45) is 5.92 Å². The molecule has 2 aromatic carbocycles. The zero-order valence-electron chi connectivity index (χ0n) is 19.0. The minimum Gasteiger partial charge on any atom is -0.491 e. The molecule has 170 valence electrons. The van der Waals surface area contributed by atoms with Crippen LogP contribution in [0.25, 0.3) is 0 Å². The van der Waals surface area contributed by atoms with Gasteiger partial charge in [-0.15, -0.1) is 0 Å². The first-order valence-corrected chi connectivity index (χ1v) is 11.8. The van der Waals surface area contributed by atoms with E-state index in [1.807, 2.05) is 30.0 Å². The van der Waals surface area contributed by atoms with E-state index >= 15 is 0 Å². The quantitative estimate of drug-likeness (QED) is 0.755. The number of carbonyl (C=O) groups excluding carboxylic acids is 1. The van der Waals surface area contributed by atoms with Crippen LogP contribution in [0.15, 0.2) is 42.5 Å². The lowest BCUT2D eigenvalue weighted by Crippen LogP contribution is -2.37. The molecule has 32 heavy (non-hydrogen) atoms. The molecule has 0 bridgehead atoms. The number of rotatable bonds is 6. The number of aliphatic hydroxyl groups excluding tert-OH is 1. The van der Waals surface area contributed by atoms with Crippen LogP contribution < -0.4 is 14.5 Å². The Kier molecular flexibility index (Phi) is 5.82. The highest BCUT2D eigenvalue weighted by Gasteiger charge is 2.40. The third-order valence-corrected chi connectivity index (χ3v) is 7.29. The Hall–Kier alpha value is -2.57. The summed E-state index contributed by atoms with van der Waals surface area (Å²) in [4.78, 5) is 20.1. The standard InChI is InChI=1S/C26H33N3O3/c1-3-22(30)17-32-23-8-9-24-18(14-23)10-13-29(26(24)31)21-6-4-20(5-7-21)28-12-11-19-15-27(2)16-25(19)28/h4-9,14,19,22,25,30H,3,10-13,15-17H2,1-2H3/t19?,22-,25?/m0/s1. The van der Waals surface area contributed by atoms with Crippen molar-refractivity contribution in [3.8, 4) is 5.75 Å². The number of anilines is 2. The summed E-state index contributed by atoms with van der Waals surface area (Å²) < 4.78 is 5.69. The van der Waals surface area contributed by atoms with Gasteiger partial charge < -0.3 is 24.5 Å². The highest BCUT2D eigenvalue weighted by atomic mass is 16.5. The number of likely N-dealkylation sites (N-methyl/N-ethyl adjacent to an activating group) is 1. The number of nitrogens with zero attached hydrogens (tertiary/aromatic N) is 3. The maximum absolute atomic E-state index is 13.2. The summed E-state index contributed by atoms with van der Waals surface area (Å²) in [6.45, 7) is 6.32. The Morgan fingerprint density at radius 1 is 1.09 bits per heavy atom. The molecule has 2 fully saturated rings. The molecule has 0 aliphatic carbocycles. The molecule has 0 aromatic heterocycles. The van der Waals surface area contributed by atoms with Crippen molar-refractivity contribution in [1.29, 1.82) is 0 Å². The Bertz CT molecular complexity index is 977. The SMILES string of the molecule is CC[C@H](O)COc1ccc2c(c1)CCN(c1ccc(N3CCC4CN(C)CC43)cc1)C2=O. The first-order chi connectivity index (χ1) is 15.5. The molecule has 0 spiro atoms. The van der Waals surface area contributed by atoms with Gasteiger partial charge in [0.25, 0.3) is 5.91 Å². The molecule has 3 heterocycles. The minimum atomic E-state index is -0.466. The molecule has 1 N–H and O–H groups in total. The number of hydrogen-bond acceptors (Lipinski definition) is 5. The monoisotopic (exact) mass is 435 g/mol. The van der Waals surface area contributed by atoms with Crippen molar-refractivity contribution < 1.29 is 14.6 Å². The van der Waals surface area contributed by atoms with E-state index in [1.54, 1.807) is 0 Å². The van der Waals surface area contributed by atoms with E-state index in [1.165, 1.54) is 18.7 Å². The zero-order valence-corrected chi connectivity index (χ0v) is 19.0. The first kappa shape index (κ1) is 21.3. The molecule has 2 unspecified atom stereocenters. The highest BCUT2D eigenvalue weighted by Crippen LogP contribution is 2.36. The van der Waals surface area contributed by atoms with Gasteiger partial charge in [0.2, 0.25) is 0 Å². The van der Waals surface area contributed by atoms with E-state index in [9.17, 15) is 9.90 Å². The largest absolute Gasteiger partial charge is 0.491 e. The summed E-state index contributed by atoms with van der Waals surface area (Å²) >= 11 is 0. The number of aliphatic hydroxyl groups is 1. The molecule has 6 nitrogen and oxygen atoms in total. The molecule has 3 aliphatic rings. The van der Waals surface area contributed by atoms with Crippen LogP contribution in [-0.4, -0.2) is 67.9 Å². The minimum absolute atomic E-state index is 0.0396. The molecule has 5 rings (SSSR count). The van der Waals surface area contributed by atoms with E-state index in [2.05, 4.69) is 41.1 Å². The van der Waals surface area contributed by atoms with Gasteiger partial charge in [0.05, 0.1) is 6.10 Å². The Morgan fingerprint density at radius 2 is 1.88 bits per heavy atom. The maximum atomic E-state index is 13.2. The normalized spacial score (nSPS) is 23.9. The van der Waals surface area contributed by atoms with Crippen molar-refractivity contribution in [3.05, 3.63) is 53.6 Å². The van der Waals surface area contributed by atoms with Gasteiger partial charge in [-0.25, -0.2) is 0 Å². The third kappa shape index (κ3) is 3.97. The molecule has 0 saturated carbocycles. The van der Waals surface area contributed by atoms with Gasteiger partial charge in [-0.05, 0) is 80.3 Å². The zero-order chi connectivity index (χ0) is 22.2. The lowest BCUT2D eigenvalue weighted by molar-refractivity contribution is 0.0978. The van der Waals surface area contributed by atoms with Gasteiger partial charge in [0.15, 0.2) is 0 Å². The molecule has 6 heteroatoms. The number of carbonyl (C=O) groups is 1. The van der Waals surface area contributed by atoms with Crippen molar-refractivity contribution in [2.75, 3.05) is 49.6 Å². The van der Waals surface area contributed by atoms with Crippen LogP contribution in [0.5, 0.6) is 5.75 Å². The maximum Gasteiger partial charge on any atom is 0.258 e. The van der Waals surface area contributed by atoms with Gasteiger partial charge in [0.1, 0.15) is 12.4 Å². The summed E-state index contributed by atoms with van der Waals surface area (Å²) in [7, 11) is 2.21. The van der Waals surface area contributed by atoms with E-state index < -0.39 is 6.10 Å². The molecule has 2 aromatic rings. The molecule has 3 atom stereocenters. The van der Waals surface area contributed by atoms with Gasteiger partial charge in [-0.1, -0.05) is 6.92 Å². The number of hydrogen-bond donors (Lipinski definition) is 1. The number of amides is 1. The van der Waals surface area contributed by atoms with Crippen molar-refractivity contribution in [1.82, 2.24) is 4.90 Å². The Morgan fingerprint density at radius 3 is 2.66 bits per heavy atom. The number of likely N-dealkylation sites (tertiary alicyclic amines) is 1.